The first-order valence-corrected chi connectivity index (χ1v) is 8.33. The molecule has 2 aromatic rings. The normalized spacial score (nSPS) is 10.3. The third-order valence-electron chi connectivity index (χ3n) is 3.73. The molecular formula is C19H25N3O. The van der Waals surface area contributed by atoms with Crippen molar-refractivity contribution in [3.05, 3.63) is 53.7 Å². The highest BCUT2D eigenvalue weighted by Gasteiger charge is 2.05. The Kier molecular flexibility index (Phi) is 6.60. The van der Waals surface area contributed by atoms with Crippen LogP contribution in [0.5, 0.6) is 0 Å². The van der Waals surface area contributed by atoms with E-state index in [4.69, 9.17) is 0 Å². The molecule has 1 amide bonds. The molecule has 0 radical (unpaired) electrons. The number of hydrogen-bond donors (Lipinski definition) is 2. The largest absolute Gasteiger partial charge is 0.352 e. The van der Waals surface area contributed by atoms with Crippen LogP contribution in [0.2, 0.25) is 0 Å². The van der Waals surface area contributed by atoms with E-state index in [9.17, 15) is 4.79 Å². The minimum atomic E-state index is -0.0625. The second-order valence-electron chi connectivity index (χ2n) is 5.57. The summed E-state index contributed by atoms with van der Waals surface area (Å²) < 4.78 is 0. The van der Waals surface area contributed by atoms with Crippen LogP contribution < -0.4 is 10.6 Å². The summed E-state index contributed by atoms with van der Waals surface area (Å²) in [5.74, 6) is 0.671. The molecule has 0 saturated heterocycles. The van der Waals surface area contributed by atoms with Gasteiger partial charge in [-0.25, -0.2) is 4.98 Å². The highest BCUT2D eigenvalue weighted by Crippen LogP contribution is 2.15. The van der Waals surface area contributed by atoms with Gasteiger partial charge in [-0.05, 0) is 42.7 Å². The van der Waals surface area contributed by atoms with Gasteiger partial charge >= 0.3 is 0 Å². The summed E-state index contributed by atoms with van der Waals surface area (Å²) in [5.41, 5.74) is 2.89. The molecule has 0 aliphatic carbocycles. The number of rotatable bonds is 8. The first-order chi connectivity index (χ1) is 11.2. The van der Waals surface area contributed by atoms with E-state index in [2.05, 4.69) is 41.6 Å². The molecule has 4 nitrogen and oxygen atoms in total. The van der Waals surface area contributed by atoms with Crippen LogP contribution in [0.4, 0.5) is 11.5 Å². The highest BCUT2D eigenvalue weighted by atomic mass is 16.1. The van der Waals surface area contributed by atoms with Crippen LogP contribution in [0, 0.1) is 0 Å². The van der Waals surface area contributed by atoms with Gasteiger partial charge in [0.05, 0.1) is 5.56 Å². The maximum Gasteiger partial charge on any atom is 0.252 e. The number of amides is 1. The van der Waals surface area contributed by atoms with E-state index in [0.29, 0.717) is 5.56 Å². The van der Waals surface area contributed by atoms with Crippen LogP contribution >= 0.6 is 0 Å². The summed E-state index contributed by atoms with van der Waals surface area (Å²) in [4.78, 5) is 16.3. The maximum atomic E-state index is 12.0. The zero-order chi connectivity index (χ0) is 16.5. The molecule has 2 rings (SSSR count). The van der Waals surface area contributed by atoms with Crippen molar-refractivity contribution in [3.8, 4) is 0 Å². The number of unbranched alkanes of at least 4 members (excludes halogenated alkanes) is 2. The third-order valence-corrected chi connectivity index (χ3v) is 3.73. The van der Waals surface area contributed by atoms with Gasteiger partial charge in [0.2, 0.25) is 0 Å². The summed E-state index contributed by atoms with van der Waals surface area (Å²) in [6.07, 6.45) is 5.94. The topological polar surface area (TPSA) is 54.0 Å². The Labute approximate surface area is 138 Å². The summed E-state index contributed by atoms with van der Waals surface area (Å²) in [7, 11) is 0. The van der Waals surface area contributed by atoms with Crippen molar-refractivity contribution in [2.45, 2.75) is 39.5 Å². The molecule has 1 aromatic carbocycles. The number of pyridine rings is 1. The first-order valence-electron chi connectivity index (χ1n) is 8.33. The Hall–Kier alpha value is -2.36. The number of aromatic nitrogens is 1. The predicted molar refractivity (Wildman–Crippen MR) is 95.2 cm³/mol. The molecule has 4 heteroatoms. The van der Waals surface area contributed by atoms with Gasteiger partial charge in [0.15, 0.2) is 0 Å². The number of nitrogens with zero attached hydrogens (tertiary/aromatic N) is 1. The summed E-state index contributed by atoms with van der Waals surface area (Å²) in [6, 6.07) is 11.9. The van der Waals surface area contributed by atoms with E-state index < -0.39 is 0 Å². The summed E-state index contributed by atoms with van der Waals surface area (Å²) in [6.45, 7) is 5.00. The summed E-state index contributed by atoms with van der Waals surface area (Å²) >= 11 is 0. The zero-order valence-corrected chi connectivity index (χ0v) is 13.9. The average Bonchev–Trinajstić information content (AvgIpc) is 2.60. The number of anilines is 2. The molecule has 0 spiro atoms. The Morgan fingerprint density at radius 3 is 2.43 bits per heavy atom. The molecule has 1 heterocycles. The van der Waals surface area contributed by atoms with Crippen molar-refractivity contribution in [1.82, 2.24) is 10.3 Å². The standard InChI is InChI=1S/C19H25N3O/c1-3-5-6-13-20-19(23)16-9-12-18(21-14-16)22-17-10-7-15(4-2)8-11-17/h7-12,14H,3-6,13H2,1-2H3,(H,20,23)(H,21,22). The zero-order valence-electron chi connectivity index (χ0n) is 13.9. The Balaban J connectivity index is 1.89. The maximum absolute atomic E-state index is 12.0. The smallest absolute Gasteiger partial charge is 0.252 e. The van der Waals surface area contributed by atoms with E-state index in [1.165, 1.54) is 5.56 Å². The average molecular weight is 311 g/mol. The van der Waals surface area contributed by atoms with E-state index in [1.807, 2.05) is 18.2 Å². The third kappa shape index (κ3) is 5.40. The molecular weight excluding hydrogens is 286 g/mol. The number of hydrogen-bond acceptors (Lipinski definition) is 3. The molecule has 0 atom stereocenters. The van der Waals surface area contributed by atoms with Crippen molar-refractivity contribution >= 4 is 17.4 Å². The SMILES string of the molecule is CCCCCNC(=O)c1ccc(Nc2ccc(CC)cc2)nc1. The fourth-order valence-electron chi connectivity index (χ4n) is 2.25. The molecule has 0 unspecified atom stereocenters. The molecule has 0 fully saturated rings. The first kappa shape index (κ1) is 17.0. The van der Waals surface area contributed by atoms with Crippen molar-refractivity contribution in [1.29, 1.82) is 0 Å². The molecule has 122 valence electrons. The van der Waals surface area contributed by atoms with Gasteiger partial charge in [0.25, 0.3) is 5.91 Å². The van der Waals surface area contributed by atoms with E-state index in [0.717, 1.165) is 43.7 Å². The lowest BCUT2D eigenvalue weighted by molar-refractivity contribution is 0.0952. The quantitative estimate of drug-likeness (QED) is 0.714. The molecule has 0 aliphatic rings. The van der Waals surface area contributed by atoms with Crippen LogP contribution in [-0.2, 0) is 6.42 Å². The number of carbonyl (C=O) groups excluding carboxylic acids is 1. The van der Waals surface area contributed by atoms with Gasteiger partial charge in [0.1, 0.15) is 5.82 Å². The molecule has 0 bridgehead atoms. The van der Waals surface area contributed by atoms with Gasteiger partial charge in [-0.1, -0.05) is 38.8 Å². The van der Waals surface area contributed by atoms with Crippen molar-refractivity contribution < 1.29 is 4.79 Å². The van der Waals surface area contributed by atoms with Crippen molar-refractivity contribution in [2.75, 3.05) is 11.9 Å². The van der Waals surface area contributed by atoms with Gasteiger partial charge < -0.3 is 10.6 Å². The van der Waals surface area contributed by atoms with Crippen LogP contribution in [0.15, 0.2) is 42.6 Å². The molecule has 0 aliphatic heterocycles. The van der Waals surface area contributed by atoms with Crippen molar-refractivity contribution in [3.63, 3.8) is 0 Å². The number of nitrogens with one attached hydrogen (secondary N) is 2. The van der Waals surface area contributed by atoms with E-state index >= 15 is 0 Å². The fraction of sp³-hybridized carbons (Fsp3) is 0.368. The Bertz CT molecular complexity index is 606. The van der Waals surface area contributed by atoms with Crippen LogP contribution in [0.1, 0.15) is 49.0 Å². The lowest BCUT2D eigenvalue weighted by atomic mass is 10.1. The minimum Gasteiger partial charge on any atom is -0.352 e. The monoisotopic (exact) mass is 311 g/mol. The van der Waals surface area contributed by atoms with Gasteiger partial charge in [0, 0.05) is 18.4 Å². The second-order valence-corrected chi connectivity index (χ2v) is 5.57. The predicted octanol–water partition coefficient (Wildman–Crippen LogP) is 4.31. The van der Waals surface area contributed by atoms with Crippen LogP contribution in [0.25, 0.3) is 0 Å². The van der Waals surface area contributed by atoms with Crippen LogP contribution in [0.3, 0.4) is 0 Å². The second kappa shape index (κ2) is 8.93. The molecule has 2 N–H and O–H groups in total. The molecule has 23 heavy (non-hydrogen) atoms. The fourth-order valence-corrected chi connectivity index (χ4v) is 2.25. The van der Waals surface area contributed by atoms with E-state index in [-0.39, 0.29) is 5.91 Å². The Morgan fingerprint density at radius 2 is 1.83 bits per heavy atom. The number of aryl methyl sites for hydroxylation is 1. The summed E-state index contributed by atoms with van der Waals surface area (Å²) in [5, 5.41) is 6.15. The van der Waals surface area contributed by atoms with Crippen LogP contribution in [-0.4, -0.2) is 17.4 Å². The van der Waals surface area contributed by atoms with Gasteiger partial charge in [-0.3, -0.25) is 4.79 Å². The van der Waals surface area contributed by atoms with Gasteiger partial charge in [-0.2, -0.15) is 0 Å². The number of benzene rings is 1. The lowest BCUT2D eigenvalue weighted by Gasteiger charge is -2.08. The molecule has 1 aromatic heterocycles. The van der Waals surface area contributed by atoms with Gasteiger partial charge in [-0.15, -0.1) is 0 Å². The molecule has 0 saturated carbocycles. The minimum absolute atomic E-state index is 0.0625. The number of carbonyl (C=O) groups is 1. The van der Waals surface area contributed by atoms with E-state index in [1.54, 1.807) is 12.3 Å². The van der Waals surface area contributed by atoms with Crippen molar-refractivity contribution in [2.24, 2.45) is 0 Å². The Morgan fingerprint density at radius 1 is 1.04 bits per heavy atom. The lowest BCUT2D eigenvalue weighted by Crippen LogP contribution is -2.24. The highest BCUT2D eigenvalue weighted by molar-refractivity contribution is 5.94.